The number of amides is 1. The van der Waals surface area contributed by atoms with E-state index in [4.69, 9.17) is 5.10 Å². The third kappa shape index (κ3) is 3.99. The first-order chi connectivity index (χ1) is 13.6. The number of hydrogen-bond donors (Lipinski definition) is 1. The molecule has 0 saturated carbocycles. The fourth-order valence-corrected chi connectivity index (χ4v) is 3.59. The fourth-order valence-electron chi connectivity index (χ4n) is 3.59. The molecular formula is C23H25N3O2. The van der Waals surface area contributed by atoms with Crippen molar-refractivity contribution in [3.8, 4) is 11.3 Å². The number of likely N-dealkylation sites (tertiary alicyclic amines) is 1. The molecule has 1 N–H and O–H groups in total. The molecule has 1 fully saturated rings. The molecule has 5 nitrogen and oxygen atoms in total. The van der Waals surface area contributed by atoms with Crippen molar-refractivity contribution in [2.75, 3.05) is 13.1 Å². The van der Waals surface area contributed by atoms with Crippen LogP contribution in [-0.2, 0) is 6.54 Å². The molecule has 1 aromatic heterocycles. The number of piperidine rings is 1. The first-order valence-electron chi connectivity index (χ1n) is 9.76. The minimum Gasteiger partial charge on any atom is -0.393 e. The van der Waals surface area contributed by atoms with Crippen LogP contribution in [0.4, 0.5) is 0 Å². The summed E-state index contributed by atoms with van der Waals surface area (Å²) in [5, 5.41) is 14.5. The average molecular weight is 375 g/mol. The van der Waals surface area contributed by atoms with Gasteiger partial charge in [0.25, 0.3) is 5.91 Å². The summed E-state index contributed by atoms with van der Waals surface area (Å²) in [4.78, 5) is 15.1. The summed E-state index contributed by atoms with van der Waals surface area (Å²) in [6.07, 6.45) is 2.81. The highest BCUT2D eigenvalue weighted by molar-refractivity contribution is 5.99. The minimum atomic E-state index is -0.304. The molecule has 3 aromatic rings. The van der Waals surface area contributed by atoms with E-state index in [1.54, 1.807) is 0 Å². The zero-order valence-electron chi connectivity index (χ0n) is 16.1. The number of carbonyl (C=O) groups is 1. The topological polar surface area (TPSA) is 58.4 Å². The summed E-state index contributed by atoms with van der Waals surface area (Å²) in [7, 11) is 0. The molecule has 0 unspecified atom stereocenters. The van der Waals surface area contributed by atoms with Gasteiger partial charge in [-0.25, -0.2) is 0 Å². The molecule has 5 heteroatoms. The van der Waals surface area contributed by atoms with Gasteiger partial charge in [0.05, 0.1) is 18.2 Å². The highest BCUT2D eigenvalue weighted by Gasteiger charge is 2.26. The van der Waals surface area contributed by atoms with Gasteiger partial charge in [-0.2, -0.15) is 5.10 Å². The number of aliphatic hydroxyl groups is 1. The lowest BCUT2D eigenvalue weighted by Gasteiger charge is -2.29. The summed E-state index contributed by atoms with van der Waals surface area (Å²) in [6, 6.07) is 18.2. The van der Waals surface area contributed by atoms with Gasteiger partial charge >= 0.3 is 0 Å². The molecule has 144 valence electrons. The van der Waals surface area contributed by atoms with Crippen LogP contribution in [-0.4, -0.2) is 44.9 Å². The summed E-state index contributed by atoms with van der Waals surface area (Å²) < 4.78 is 1.84. The zero-order valence-corrected chi connectivity index (χ0v) is 16.1. The van der Waals surface area contributed by atoms with Gasteiger partial charge < -0.3 is 10.0 Å². The number of nitrogens with zero attached hydrogens (tertiary/aromatic N) is 3. The van der Waals surface area contributed by atoms with E-state index in [1.165, 1.54) is 5.56 Å². The predicted octanol–water partition coefficient (Wildman–Crippen LogP) is 3.50. The Morgan fingerprint density at radius 1 is 1.07 bits per heavy atom. The van der Waals surface area contributed by atoms with Gasteiger partial charge in [0, 0.05) is 24.8 Å². The molecule has 1 saturated heterocycles. The van der Waals surface area contributed by atoms with Crippen LogP contribution in [0.5, 0.6) is 0 Å². The maximum absolute atomic E-state index is 13.2. The van der Waals surface area contributed by atoms with E-state index in [1.807, 2.05) is 65.2 Å². The number of carbonyl (C=O) groups excluding carboxylic acids is 1. The lowest BCUT2D eigenvalue weighted by molar-refractivity contribution is 0.0547. The van der Waals surface area contributed by atoms with Crippen LogP contribution in [0.3, 0.4) is 0 Å². The van der Waals surface area contributed by atoms with E-state index in [9.17, 15) is 9.90 Å². The van der Waals surface area contributed by atoms with Crippen LogP contribution in [0, 0.1) is 6.92 Å². The molecule has 1 aliphatic rings. The van der Waals surface area contributed by atoms with Gasteiger partial charge in [-0.1, -0.05) is 60.2 Å². The zero-order chi connectivity index (χ0) is 19.5. The van der Waals surface area contributed by atoms with Crippen molar-refractivity contribution in [2.24, 2.45) is 0 Å². The quantitative estimate of drug-likeness (QED) is 0.759. The van der Waals surface area contributed by atoms with Crippen LogP contribution < -0.4 is 0 Å². The van der Waals surface area contributed by atoms with Crippen LogP contribution in [0.2, 0.25) is 0 Å². The predicted molar refractivity (Wildman–Crippen MR) is 109 cm³/mol. The Kier molecular flexibility index (Phi) is 5.26. The third-order valence-electron chi connectivity index (χ3n) is 5.26. The van der Waals surface area contributed by atoms with Crippen LogP contribution in [0.15, 0.2) is 60.8 Å². The van der Waals surface area contributed by atoms with Crippen molar-refractivity contribution in [3.63, 3.8) is 0 Å². The summed E-state index contributed by atoms with van der Waals surface area (Å²) >= 11 is 0. The maximum Gasteiger partial charge on any atom is 0.257 e. The van der Waals surface area contributed by atoms with Crippen molar-refractivity contribution in [1.29, 1.82) is 0 Å². The molecule has 2 heterocycles. The van der Waals surface area contributed by atoms with Crippen molar-refractivity contribution in [2.45, 2.75) is 32.4 Å². The van der Waals surface area contributed by atoms with Crippen molar-refractivity contribution in [1.82, 2.24) is 14.7 Å². The van der Waals surface area contributed by atoms with E-state index in [-0.39, 0.29) is 12.0 Å². The van der Waals surface area contributed by atoms with Gasteiger partial charge in [0.15, 0.2) is 0 Å². The Morgan fingerprint density at radius 3 is 2.43 bits per heavy atom. The van der Waals surface area contributed by atoms with E-state index in [0.29, 0.717) is 43.7 Å². The highest BCUT2D eigenvalue weighted by Crippen LogP contribution is 2.25. The molecule has 1 amide bonds. The van der Waals surface area contributed by atoms with Crippen molar-refractivity contribution in [3.05, 3.63) is 77.5 Å². The van der Waals surface area contributed by atoms with E-state index >= 15 is 0 Å². The maximum atomic E-state index is 13.2. The summed E-state index contributed by atoms with van der Waals surface area (Å²) in [6.45, 7) is 3.82. The standard InChI is InChI=1S/C23H25N3O2/c1-17-7-9-19(10-8-17)22-21(23(28)25-13-11-20(27)12-14-25)16-26(24-22)15-18-5-3-2-4-6-18/h2-10,16,20,27H,11-15H2,1H3. The van der Waals surface area contributed by atoms with Gasteiger partial charge in [-0.3, -0.25) is 9.48 Å². The van der Waals surface area contributed by atoms with Crippen molar-refractivity contribution < 1.29 is 9.90 Å². The number of hydrogen-bond acceptors (Lipinski definition) is 3. The first-order valence-corrected chi connectivity index (χ1v) is 9.76. The van der Waals surface area contributed by atoms with Crippen molar-refractivity contribution >= 4 is 5.91 Å². The fraction of sp³-hybridized carbons (Fsp3) is 0.304. The Balaban J connectivity index is 1.68. The van der Waals surface area contributed by atoms with Gasteiger partial charge in [0.2, 0.25) is 0 Å². The third-order valence-corrected chi connectivity index (χ3v) is 5.26. The Labute approximate surface area is 165 Å². The van der Waals surface area contributed by atoms with Gasteiger partial charge in [0.1, 0.15) is 5.69 Å². The minimum absolute atomic E-state index is 0.0122. The molecule has 0 atom stereocenters. The van der Waals surface area contributed by atoms with E-state index in [2.05, 4.69) is 12.1 Å². The highest BCUT2D eigenvalue weighted by atomic mass is 16.3. The SMILES string of the molecule is Cc1ccc(-c2nn(Cc3ccccc3)cc2C(=O)N2CCC(O)CC2)cc1. The number of rotatable bonds is 4. The van der Waals surface area contributed by atoms with Gasteiger partial charge in [-0.05, 0) is 25.3 Å². The van der Waals surface area contributed by atoms with Crippen LogP contribution in [0.1, 0.15) is 34.3 Å². The normalized spacial score (nSPS) is 15.0. The molecular weight excluding hydrogens is 350 g/mol. The lowest BCUT2D eigenvalue weighted by Crippen LogP contribution is -2.40. The number of aliphatic hydroxyl groups excluding tert-OH is 1. The summed E-state index contributed by atoms with van der Waals surface area (Å²) in [5.41, 5.74) is 4.59. The second-order valence-electron chi connectivity index (χ2n) is 7.46. The van der Waals surface area contributed by atoms with E-state index < -0.39 is 0 Å². The molecule has 28 heavy (non-hydrogen) atoms. The van der Waals surface area contributed by atoms with Crippen LogP contribution in [0.25, 0.3) is 11.3 Å². The molecule has 0 radical (unpaired) electrons. The Hall–Kier alpha value is -2.92. The number of benzene rings is 2. The largest absolute Gasteiger partial charge is 0.393 e. The molecule has 2 aromatic carbocycles. The average Bonchev–Trinajstić information content (AvgIpc) is 3.13. The van der Waals surface area contributed by atoms with Gasteiger partial charge in [-0.15, -0.1) is 0 Å². The molecule has 4 rings (SSSR count). The van der Waals surface area contributed by atoms with E-state index in [0.717, 1.165) is 11.1 Å². The lowest BCUT2D eigenvalue weighted by atomic mass is 10.0. The smallest absolute Gasteiger partial charge is 0.257 e. The second-order valence-corrected chi connectivity index (χ2v) is 7.46. The monoisotopic (exact) mass is 375 g/mol. The molecule has 0 spiro atoms. The number of aromatic nitrogens is 2. The first kappa shape index (κ1) is 18.4. The molecule has 0 bridgehead atoms. The molecule has 0 aliphatic carbocycles. The Bertz CT molecular complexity index is 940. The summed E-state index contributed by atoms with van der Waals surface area (Å²) in [5.74, 6) is -0.0122. The molecule has 1 aliphatic heterocycles. The number of aryl methyl sites for hydroxylation is 1. The second kappa shape index (κ2) is 7.98. The Morgan fingerprint density at radius 2 is 1.75 bits per heavy atom. The van der Waals surface area contributed by atoms with Crippen LogP contribution >= 0.6 is 0 Å².